The van der Waals surface area contributed by atoms with Crippen LogP contribution in [0.15, 0.2) is 42.8 Å². The maximum Gasteiger partial charge on any atom is 0.272 e. The van der Waals surface area contributed by atoms with Crippen LogP contribution in [0.2, 0.25) is 0 Å². The first kappa shape index (κ1) is 13.9. The smallest absolute Gasteiger partial charge is 0.272 e. The summed E-state index contributed by atoms with van der Waals surface area (Å²) in [5.41, 5.74) is 6.53. The van der Waals surface area contributed by atoms with E-state index in [1.54, 1.807) is 29.6 Å². The molecule has 0 fully saturated rings. The van der Waals surface area contributed by atoms with Crippen LogP contribution in [0.5, 0.6) is 0 Å². The Morgan fingerprint density at radius 2 is 1.89 bits per heavy atom. The molecule has 18 heavy (non-hydrogen) atoms. The lowest BCUT2D eigenvalue weighted by molar-refractivity contribution is 0.603. The molecule has 96 valence electrons. The summed E-state index contributed by atoms with van der Waals surface area (Å²) in [6, 6.07) is 6.62. The van der Waals surface area contributed by atoms with Crippen LogP contribution < -0.4 is 10.5 Å². The van der Waals surface area contributed by atoms with E-state index in [0.29, 0.717) is 20.3 Å². The molecule has 0 aliphatic carbocycles. The van der Waals surface area contributed by atoms with E-state index in [-0.39, 0.29) is 4.21 Å². The SMILES string of the molecule is Nc1ccc(Br)c(NS(=O)(=O)c2sccc2Br)c1. The number of rotatable bonds is 3. The molecule has 1 aromatic carbocycles. The number of anilines is 2. The van der Waals surface area contributed by atoms with Crippen molar-refractivity contribution in [3.8, 4) is 0 Å². The van der Waals surface area contributed by atoms with Gasteiger partial charge in [-0.2, -0.15) is 0 Å². The fraction of sp³-hybridized carbons (Fsp3) is 0. The van der Waals surface area contributed by atoms with Gasteiger partial charge < -0.3 is 5.73 Å². The number of thiophene rings is 1. The number of halogens is 2. The lowest BCUT2D eigenvalue weighted by Crippen LogP contribution is -2.12. The summed E-state index contributed by atoms with van der Waals surface area (Å²) < 4.78 is 28.2. The summed E-state index contributed by atoms with van der Waals surface area (Å²) in [7, 11) is -3.60. The lowest BCUT2D eigenvalue weighted by atomic mass is 10.3. The number of benzene rings is 1. The predicted octanol–water partition coefficient (Wildman–Crippen LogP) is 3.66. The van der Waals surface area contributed by atoms with Crippen LogP contribution in [0, 0.1) is 0 Å². The number of nitrogen functional groups attached to an aromatic ring is 1. The molecule has 0 unspecified atom stereocenters. The van der Waals surface area contributed by atoms with Gasteiger partial charge in [0.05, 0.1) is 5.69 Å². The third-order valence-corrected chi connectivity index (χ3v) is 6.79. The Morgan fingerprint density at radius 1 is 1.17 bits per heavy atom. The minimum atomic E-state index is -3.60. The normalized spacial score (nSPS) is 11.4. The molecule has 0 spiro atoms. The van der Waals surface area contributed by atoms with Crippen LogP contribution in [0.25, 0.3) is 0 Å². The zero-order chi connectivity index (χ0) is 13.3. The Bertz CT molecular complexity index is 683. The molecule has 0 aliphatic heterocycles. The standard InChI is InChI=1S/C10H8Br2N2O2S2/c11-7-2-1-6(13)5-9(7)14-18(15,16)10-8(12)3-4-17-10/h1-5,14H,13H2. The number of hydrogen-bond donors (Lipinski definition) is 2. The average Bonchev–Trinajstić information content (AvgIpc) is 2.70. The Hall–Kier alpha value is -0.570. The molecule has 2 aromatic rings. The molecule has 2 rings (SSSR count). The second kappa shape index (κ2) is 5.20. The van der Waals surface area contributed by atoms with Gasteiger partial charge in [-0.05, 0) is 61.5 Å². The molecular weight excluding hydrogens is 404 g/mol. The van der Waals surface area contributed by atoms with Crippen LogP contribution in [0.1, 0.15) is 0 Å². The van der Waals surface area contributed by atoms with Crippen molar-refractivity contribution in [3.05, 3.63) is 38.6 Å². The molecule has 1 aromatic heterocycles. The zero-order valence-corrected chi connectivity index (χ0v) is 13.7. The summed E-state index contributed by atoms with van der Waals surface area (Å²) in [4.78, 5) is 0. The minimum Gasteiger partial charge on any atom is -0.399 e. The number of sulfonamides is 1. The van der Waals surface area contributed by atoms with E-state index >= 15 is 0 Å². The van der Waals surface area contributed by atoms with Gasteiger partial charge in [0.15, 0.2) is 4.21 Å². The Labute approximate surface area is 126 Å². The van der Waals surface area contributed by atoms with Crippen molar-refractivity contribution in [2.45, 2.75) is 4.21 Å². The lowest BCUT2D eigenvalue weighted by Gasteiger charge is -2.09. The van der Waals surface area contributed by atoms with Crippen LogP contribution >= 0.6 is 43.2 Å². The van der Waals surface area contributed by atoms with E-state index in [4.69, 9.17) is 5.73 Å². The number of nitrogens with two attached hydrogens (primary N) is 1. The Balaban J connectivity index is 2.40. The predicted molar refractivity (Wildman–Crippen MR) is 81.4 cm³/mol. The molecular formula is C10H8Br2N2O2S2. The summed E-state index contributed by atoms with van der Waals surface area (Å²) >= 11 is 7.62. The maximum atomic E-state index is 12.2. The highest BCUT2D eigenvalue weighted by atomic mass is 79.9. The molecule has 0 saturated carbocycles. The second-order valence-electron chi connectivity index (χ2n) is 3.40. The quantitative estimate of drug-likeness (QED) is 0.757. The molecule has 0 radical (unpaired) electrons. The van der Waals surface area contributed by atoms with Crippen molar-refractivity contribution < 1.29 is 8.42 Å². The van der Waals surface area contributed by atoms with Crippen molar-refractivity contribution in [1.82, 2.24) is 0 Å². The van der Waals surface area contributed by atoms with Gasteiger partial charge in [0.2, 0.25) is 0 Å². The van der Waals surface area contributed by atoms with Crippen molar-refractivity contribution in [2.75, 3.05) is 10.5 Å². The number of hydrogen-bond acceptors (Lipinski definition) is 4. The second-order valence-corrected chi connectivity index (χ2v) is 7.90. The van der Waals surface area contributed by atoms with E-state index in [9.17, 15) is 8.42 Å². The van der Waals surface area contributed by atoms with Gasteiger partial charge in [-0.15, -0.1) is 11.3 Å². The molecule has 1 heterocycles. The van der Waals surface area contributed by atoms with Crippen molar-refractivity contribution in [2.24, 2.45) is 0 Å². The van der Waals surface area contributed by atoms with Gasteiger partial charge in [0.1, 0.15) is 0 Å². The molecule has 0 amide bonds. The molecule has 4 nitrogen and oxygen atoms in total. The van der Waals surface area contributed by atoms with Gasteiger partial charge in [0.25, 0.3) is 10.0 Å². The van der Waals surface area contributed by atoms with Crippen LogP contribution in [-0.4, -0.2) is 8.42 Å². The third kappa shape index (κ3) is 2.87. The highest BCUT2D eigenvalue weighted by molar-refractivity contribution is 9.11. The number of nitrogens with one attached hydrogen (secondary N) is 1. The molecule has 3 N–H and O–H groups in total. The van der Waals surface area contributed by atoms with Gasteiger partial charge in [-0.1, -0.05) is 0 Å². The Kier molecular flexibility index (Phi) is 4.00. The van der Waals surface area contributed by atoms with Gasteiger partial charge in [-0.3, -0.25) is 4.72 Å². The maximum absolute atomic E-state index is 12.2. The Morgan fingerprint density at radius 3 is 2.50 bits per heavy atom. The average molecular weight is 412 g/mol. The highest BCUT2D eigenvalue weighted by Gasteiger charge is 2.20. The van der Waals surface area contributed by atoms with Crippen molar-refractivity contribution in [3.63, 3.8) is 0 Å². The fourth-order valence-electron chi connectivity index (χ4n) is 1.28. The van der Waals surface area contributed by atoms with E-state index in [2.05, 4.69) is 36.6 Å². The zero-order valence-electron chi connectivity index (χ0n) is 8.85. The molecule has 8 heteroatoms. The van der Waals surface area contributed by atoms with Gasteiger partial charge >= 0.3 is 0 Å². The van der Waals surface area contributed by atoms with Crippen molar-refractivity contribution in [1.29, 1.82) is 0 Å². The molecule has 0 atom stereocenters. The first-order valence-corrected chi connectivity index (χ1v) is 8.66. The summed E-state index contributed by atoms with van der Waals surface area (Å²) in [6.07, 6.45) is 0. The monoisotopic (exact) mass is 410 g/mol. The molecule has 0 saturated heterocycles. The van der Waals surface area contributed by atoms with Gasteiger partial charge in [0, 0.05) is 14.6 Å². The first-order valence-electron chi connectivity index (χ1n) is 4.71. The van der Waals surface area contributed by atoms with E-state index in [1.165, 1.54) is 0 Å². The third-order valence-electron chi connectivity index (χ3n) is 2.06. The van der Waals surface area contributed by atoms with E-state index in [1.807, 2.05) is 0 Å². The van der Waals surface area contributed by atoms with E-state index < -0.39 is 10.0 Å². The van der Waals surface area contributed by atoms with Crippen LogP contribution in [-0.2, 0) is 10.0 Å². The minimum absolute atomic E-state index is 0.233. The van der Waals surface area contributed by atoms with Crippen molar-refractivity contribution >= 4 is 64.6 Å². The topological polar surface area (TPSA) is 72.2 Å². The molecule has 0 aliphatic rings. The highest BCUT2D eigenvalue weighted by Crippen LogP contribution is 2.32. The van der Waals surface area contributed by atoms with Crippen LogP contribution in [0.4, 0.5) is 11.4 Å². The summed E-state index contributed by atoms with van der Waals surface area (Å²) in [5, 5.41) is 1.70. The largest absolute Gasteiger partial charge is 0.399 e. The van der Waals surface area contributed by atoms with Crippen LogP contribution in [0.3, 0.4) is 0 Å². The fourth-order valence-corrected chi connectivity index (χ4v) is 5.17. The summed E-state index contributed by atoms with van der Waals surface area (Å²) in [5.74, 6) is 0. The van der Waals surface area contributed by atoms with Gasteiger partial charge in [-0.25, -0.2) is 8.42 Å². The summed E-state index contributed by atoms with van der Waals surface area (Å²) in [6.45, 7) is 0. The van der Waals surface area contributed by atoms with E-state index in [0.717, 1.165) is 11.3 Å². The molecule has 0 bridgehead atoms. The first-order chi connectivity index (χ1) is 8.40.